The van der Waals surface area contributed by atoms with Crippen molar-refractivity contribution in [3.05, 3.63) is 107 Å². The van der Waals surface area contributed by atoms with E-state index in [0.29, 0.717) is 31.2 Å². The van der Waals surface area contributed by atoms with Crippen molar-refractivity contribution in [2.75, 3.05) is 26.2 Å². The van der Waals surface area contributed by atoms with Crippen molar-refractivity contribution in [3.8, 4) is 17.1 Å². The van der Waals surface area contributed by atoms with Gasteiger partial charge < -0.3 is 9.26 Å². The van der Waals surface area contributed by atoms with Crippen LogP contribution in [0.5, 0.6) is 5.75 Å². The molecule has 0 amide bonds. The molecule has 0 saturated carbocycles. The molecule has 0 bridgehead atoms. The van der Waals surface area contributed by atoms with Gasteiger partial charge in [-0.25, -0.2) is 4.39 Å². The van der Waals surface area contributed by atoms with Crippen molar-refractivity contribution in [2.24, 2.45) is 0 Å². The van der Waals surface area contributed by atoms with E-state index in [9.17, 15) is 17.6 Å². The van der Waals surface area contributed by atoms with E-state index < -0.39 is 11.7 Å². The number of rotatable bonds is 8. The van der Waals surface area contributed by atoms with E-state index in [1.807, 2.05) is 30.3 Å². The van der Waals surface area contributed by atoms with E-state index in [1.165, 1.54) is 12.1 Å². The van der Waals surface area contributed by atoms with Crippen LogP contribution in [0.25, 0.3) is 11.3 Å². The average Bonchev–Trinajstić information content (AvgIpc) is 3.38. The zero-order valence-electron chi connectivity index (χ0n) is 20.6. The first-order chi connectivity index (χ1) is 18.3. The van der Waals surface area contributed by atoms with Gasteiger partial charge in [-0.2, -0.15) is 13.2 Å². The zero-order chi connectivity index (χ0) is 26.5. The summed E-state index contributed by atoms with van der Waals surface area (Å²) in [6.07, 6.45) is -4.31. The molecule has 5 nitrogen and oxygen atoms in total. The highest BCUT2D eigenvalue weighted by Crippen LogP contribution is 2.29. The van der Waals surface area contributed by atoms with Gasteiger partial charge in [-0.3, -0.25) is 9.80 Å². The van der Waals surface area contributed by atoms with Crippen LogP contribution in [0.1, 0.15) is 22.4 Å². The summed E-state index contributed by atoms with van der Waals surface area (Å²) >= 11 is 0. The monoisotopic (exact) mass is 525 g/mol. The van der Waals surface area contributed by atoms with Crippen LogP contribution in [-0.2, 0) is 25.9 Å². The van der Waals surface area contributed by atoms with Crippen molar-refractivity contribution < 1.29 is 26.8 Å². The van der Waals surface area contributed by atoms with Crippen molar-refractivity contribution in [1.29, 1.82) is 0 Å². The fourth-order valence-corrected chi connectivity index (χ4v) is 4.38. The van der Waals surface area contributed by atoms with E-state index in [0.717, 1.165) is 60.7 Å². The standard InChI is InChI=1S/C29H27F4N3O2/c30-25-9-3-22(4-10-25)20-37-27-11-5-23(6-12-27)28-17-26(34-38-28)19-36-15-13-35(14-16-36)18-21-1-7-24(8-2-21)29(31,32)33/h1-12,17H,13-16,18-20H2. The summed E-state index contributed by atoms with van der Waals surface area (Å²) in [6, 6.07) is 21.1. The molecule has 3 aromatic carbocycles. The zero-order valence-corrected chi connectivity index (χ0v) is 20.6. The SMILES string of the molecule is Fc1ccc(COc2ccc(-c3cc(CN4CCN(Cc5ccc(C(F)(F)F)cc5)CC4)no3)cc2)cc1. The molecule has 0 N–H and O–H groups in total. The van der Waals surface area contributed by atoms with Crippen LogP contribution in [-0.4, -0.2) is 41.1 Å². The number of hydrogen-bond acceptors (Lipinski definition) is 5. The second kappa shape index (κ2) is 11.4. The molecule has 38 heavy (non-hydrogen) atoms. The summed E-state index contributed by atoms with van der Waals surface area (Å²) < 4.78 is 62.7. The Morgan fingerprint density at radius 1 is 0.763 bits per heavy atom. The molecule has 4 aromatic rings. The third-order valence-corrected chi connectivity index (χ3v) is 6.55. The fourth-order valence-electron chi connectivity index (χ4n) is 4.38. The van der Waals surface area contributed by atoms with Gasteiger partial charge in [0.05, 0.1) is 11.3 Å². The predicted octanol–water partition coefficient (Wildman–Crippen LogP) is 6.40. The molecule has 1 fully saturated rings. The van der Waals surface area contributed by atoms with Crippen LogP contribution in [0.15, 0.2) is 83.4 Å². The molecular weight excluding hydrogens is 498 g/mol. The molecule has 9 heteroatoms. The molecule has 1 aliphatic rings. The highest BCUT2D eigenvalue weighted by Gasteiger charge is 2.30. The third-order valence-electron chi connectivity index (χ3n) is 6.55. The smallest absolute Gasteiger partial charge is 0.416 e. The van der Waals surface area contributed by atoms with Gasteiger partial charge in [0.15, 0.2) is 5.76 Å². The number of nitrogens with zero attached hydrogens (tertiary/aromatic N) is 3. The summed E-state index contributed by atoms with van der Waals surface area (Å²) in [5.41, 5.74) is 2.87. The number of aromatic nitrogens is 1. The van der Waals surface area contributed by atoms with Gasteiger partial charge in [-0.15, -0.1) is 0 Å². The first-order valence-electron chi connectivity index (χ1n) is 12.4. The van der Waals surface area contributed by atoms with Crippen molar-refractivity contribution in [3.63, 3.8) is 0 Å². The van der Waals surface area contributed by atoms with Gasteiger partial charge in [-0.1, -0.05) is 29.4 Å². The van der Waals surface area contributed by atoms with Gasteiger partial charge in [0, 0.05) is 50.9 Å². The molecule has 5 rings (SSSR count). The van der Waals surface area contributed by atoms with Crippen LogP contribution < -0.4 is 4.74 Å². The Bertz CT molecular complexity index is 1310. The fraction of sp³-hybridized carbons (Fsp3) is 0.276. The van der Waals surface area contributed by atoms with E-state index in [2.05, 4.69) is 15.0 Å². The van der Waals surface area contributed by atoms with Crippen molar-refractivity contribution in [2.45, 2.75) is 25.9 Å². The van der Waals surface area contributed by atoms with Crippen LogP contribution in [0.2, 0.25) is 0 Å². The summed E-state index contributed by atoms with van der Waals surface area (Å²) in [7, 11) is 0. The second-order valence-electron chi connectivity index (χ2n) is 9.37. The molecular formula is C29H27F4N3O2. The molecule has 0 unspecified atom stereocenters. The van der Waals surface area contributed by atoms with E-state index >= 15 is 0 Å². The Kier molecular flexibility index (Phi) is 7.76. The summed E-state index contributed by atoms with van der Waals surface area (Å²) in [4.78, 5) is 4.53. The van der Waals surface area contributed by atoms with E-state index in [1.54, 1.807) is 24.3 Å². The summed E-state index contributed by atoms with van der Waals surface area (Å²) in [5.74, 6) is 1.10. The maximum absolute atomic E-state index is 13.0. The molecule has 1 saturated heterocycles. The maximum Gasteiger partial charge on any atom is 0.416 e. The highest BCUT2D eigenvalue weighted by atomic mass is 19.4. The van der Waals surface area contributed by atoms with Crippen molar-refractivity contribution in [1.82, 2.24) is 15.0 Å². The molecule has 198 valence electrons. The molecule has 0 spiro atoms. The topological polar surface area (TPSA) is 41.7 Å². The lowest BCUT2D eigenvalue weighted by Gasteiger charge is -2.34. The minimum atomic E-state index is -4.31. The Morgan fingerprint density at radius 3 is 2.00 bits per heavy atom. The number of hydrogen-bond donors (Lipinski definition) is 0. The number of halogens is 4. The molecule has 0 radical (unpaired) electrons. The minimum Gasteiger partial charge on any atom is -0.489 e. The molecule has 1 aromatic heterocycles. The first-order valence-corrected chi connectivity index (χ1v) is 12.4. The maximum atomic E-state index is 13.0. The number of ether oxygens (including phenoxy) is 1. The molecule has 1 aliphatic heterocycles. The van der Waals surface area contributed by atoms with Crippen LogP contribution in [0.3, 0.4) is 0 Å². The van der Waals surface area contributed by atoms with Gasteiger partial charge in [0.25, 0.3) is 0 Å². The summed E-state index contributed by atoms with van der Waals surface area (Å²) in [6.45, 7) is 4.96. The number of piperazine rings is 1. The Labute approximate surface area is 218 Å². The Balaban J connectivity index is 1.08. The van der Waals surface area contributed by atoms with Crippen molar-refractivity contribution >= 4 is 0 Å². The predicted molar refractivity (Wildman–Crippen MR) is 135 cm³/mol. The summed E-state index contributed by atoms with van der Waals surface area (Å²) in [5, 5.41) is 4.22. The average molecular weight is 526 g/mol. The third kappa shape index (κ3) is 6.79. The largest absolute Gasteiger partial charge is 0.489 e. The normalized spacial score (nSPS) is 15.1. The second-order valence-corrected chi connectivity index (χ2v) is 9.37. The van der Waals surface area contributed by atoms with Gasteiger partial charge in [-0.05, 0) is 59.7 Å². The quantitative estimate of drug-likeness (QED) is 0.249. The Morgan fingerprint density at radius 2 is 1.37 bits per heavy atom. The number of alkyl halides is 3. The van der Waals surface area contributed by atoms with E-state index in [-0.39, 0.29) is 5.82 Å². The van der Waals surface area contributed by atoms with Crippen LogP contribution in [0, 0.1) is 5.82 Å². The van der Waals surface area contributed by atoms with E-state index in [4.69, 9.17) is 9.26 Å². The lowest BCUT2D eigenvalue weighted by atomic mass is 10.1. The number of benzene rings is 3. The first kappa shape index (κ1) is 25.9. The lowest BCUT2D eigenvalue weighted by Crippen LogP contribution is -2.45. The minimum absolute atomic E-state index is 0.275. The molecule has 0 aliphatic carbocycles. The van der Waals surface area contributed by atoms with Crippen LogP contribution >= 0.6 is 0 Å². The van der Waals surface area contributed by atoms with Gasteiger partial charge >= 0.3 is 6.18 Å². The Hall–Kier alpha value is -3.69. The van der Waals surface area contributed by atoms with Gasteiger partial charge in [0.1, 0.15) is 18.2 Å². The van der Waals surface area contributed by atoms with Crippen LogP contribution in [0.4, 0.5) is 17.6 Å². The highest BCUT2D eigenvalue weighted by molar-refractivity contribution is 5.58. The molecule has 2 heterocycles. The lowest BCUT2D eigenvalue weighted by molar-refractivity contribution is -0.137. The van der Waals surface area contributed by atoms with Gasteiger partial charge in [0.2, 0.25) is 0 Å². The molecule has 0 atom stereocenters.